The van der Waals surface area contributed by atoms with E-state index in [-0.39, 0.29) is 5.41 Å². The largest absolute Gasteiger partial charge is 0.455 e. The molecule has 0 atom stereocenters. The summed E-state index contributed by atoms with van der Waals surface area (Å²) in [6.45, 7) is 4.72. The van der Waals surface area contributed by atoms with E-state index in [2.05, 4.69) is 128 Å². The molecule has 0 spiro atoms. The molecule has 0 saturated carbocycles. The molecule has 0 amide bonds. The predicted molar refractivity (Wildman–Crippen MR) is 233 cm³/mol. The quantitative estimate of drug-likeness (QED) is 0.181. The van der Waals surface area contributed by atoms with Crippen LogP contribution in [0.15, 0.2) is 174 Å². The third-order valence-corrected chi connectivity index (χ3v) is 12.0. The molecule has 0 unspecified atom stereocenters. The van der Waals surface area contributed by atoms with Gasteiger partial charge in [-0.3, -0.25) is 0 Å². The molecule has 0 radical (unpaired) electrons. The summed E-state index contributed by atoms with van der Waals surface area (Å²) in [5.41, 5.74) is 12.8. The maximum Gasteiger partial charge on any atom is 0.167 e. The van der Waals surface area contributed by atoms with Crippen LogP contribution in [0.25, 0.3) is 105 Å². The van der Waals surface area contributed by atoms with Gasteiger partial charge in [0.25, 0.3) is 0 Å². The number of fused-ring (bicyclic) bond motifs is 11. The Morgan fingerprint density at radius 1 is 0.456 bits per heavy atom. The molecule has 0 saturated heterocycles. The van der Waals surface area contributed by atoms with Gasteiger partial charge in [-0.15, -0.1) is 0 Å². The average molecular weight is 731 g/mol. The van der Waals surface area contributed by atoms with Crippen molar-refractivity contribution in [1.29, 1.82) is 0 Å². The fourth-order valence-corrected chi connectivity index (χ4v) is 9.29. The van der Waals surface area contributed by atoms with E-state index in [4.69, 9.17) is 19.4 Å². The zero-order chi connectivity index (χ0) is 37.8. The van der Waals surface area contributed by atoms with E-state index in [0.717, 1.165) is 49.8 Å². The Bertz CT molecular complexity index is 3450. The van der Waals surface area contributed by atoms with E-state index < -0.39 is 0 Å². The molecule has 268 valence electrons. The van der Waals surface area contributed by atoms with Crippen LogP contribution in [0, 0.1) is 0 Å². The Balaban J connectivity index is 1.07. The Morgan fingerprint density at radius 2 is 1.14 bits per heavy atom. The maximum absolute atomic E-state index is 6.46. The Labute approximate surface area is 328 Å². The number of nitrogens with zero attached hydrogens (tertiary/aromatic N) is 4. The highest BCUT2D eigenvalue weighted by Gasteiger charge is 2.37. The van der Waals surface area contributed by atoms with Crippen LogP contribution in [-0.4, -0.2) is 19.5 Å². The minimum Gasteiger partial charge on any atom is -0.455 e. The highest BCUT2D eigenvalue weighted by atomic mass is 16.3. The number of hydrogen-bond donors (Lipinski definition) is 0. The molecule has 3 heterocycles. The molecular formula is C52H34N4O. The number of hydrogen-bond acceptors (Lipinski definition) is 4. The van der Waals surface area contributed by atoms with Gasteiger partial charge in [0.15, 0.2) is 17.5 Å². The summed E-state index contributed by atoms with van der Waals surface area (Å²) >= 11 is 0. The van der Waals surface area contributed by atoms with Crippen LogP contribution in [0.1, 0.15) is 25.0 Å². The van der Waals surface area contributed by atoms with Crippen molar-refractivity contribution in [3.63, 3.8) is 0 Å². The molecule has 0 bridgehead atoms. The summed E-state index contributed by atoms with van der Waals surface area (Å²) in [6.07, 6.45) is 0. The second kappa shape index (κ2) is 11.8. The minimum atomic E-state index is -0.163. The van der Waals surface area contributed by atoms with E-state index in [1.165, 1.54) is 49.3 Å². The number of aromatic nitrogens is 4. The van der Waals surface area contributed by atoms with E-state index in [0.29, 0.717) is 17.5 Å². The van der Waals surface area contributed by atoms with Gasteiger partial charge in [-0.05, 0) is 75.5 Å². The minimum absolute atomic E-state index is 0.163. The number of rotatable bonds is 4. The Hall–Kier alpha value is -7.37. The van der Waals surface area contributed by atoms with E-state index in [1.54, 1.807) is 0 Å². The van der Waals surface area contributed by atoms with E-state index >= 15 is 0 Å². The molecule has 0 N–H and O–H groups in total. The standard InChI is InChI=1S/C52H34N4O/c1-52(2)42-27-26-31-14-6-7-19-35(31)47(42)41-29-40-36-20-8-10-24-44(36)56(45(40)30-43(41)52)34-18-12-17-33(28-34)50-53-49(32-15-4-3-5-16-32)54-51(55-50)39-23-13-22-38-37-21-9-11-25-46(37)57-48(38)39/h3-30H,1-2H3. The second-order valence-corrected chi connectivity index (χ2v) is 15.6. The topological polar surface area (TPSA) is 56.7 Å². The first-order chi connectivity index (χ1) is 28.0. The van der Waals surface area contributed by atoms with E-state index in [1.807, 2.05) is 60.7 Å². The molecule has 5 heteroatoms. The smallest absolute Gasteiger partial charge is 0.167 e. The zero-order valence-corrected chi connectivity index (χ0v) is 31.4. The van der Waals surface area contributed by atoms with Crippen LogP contribution in [0.4, 0.5) is 0 Å². The lowest BCUT2D eigenvalue weighted by molar-refractivity contribution is 0.661. The first-order valence-electron chi connectivity index (χ1n) is 19.4. The summed E-state index contributed by atoms with van der Waals surface area (Å²) in [5.74, 6) is 1.77. The van der Waals surface area contributed by atoms with Crippen molar-refractivity contribution < 1.29 is 4.42 Å². The van der Waals surface area contributed by atoms with Gasteiger partial charge in [0.2, 0.25) is 0 Å². The van der Waals surface area contributed by atoms with Crippen molar-refractivity contribution in [3.05, 3.63) is 181 Å². The molecule has 1 aliphatic rings. The van der Waals surface area contributed by atoms with Gasteiger partial charge in [0, 0.05) is 43.8 Å². The van der Waals surface area contributed by atoms with Crippen molar-refractivity contribution in [2.24, 2.45) is 0 Å². The third kappa shape index (κ3) is 4.66. The zero-order valence-electron chi connectivity index (χ0n) is 31.4. The summed E-state index contributed by atoms with van der Waals surface area (Å²) < 4.78 is 8.87. The molecule has 5 nitrogen and oxygen atoms in total. The molecule has 0 aliphatic heterocycles. The lowest BCUT2D eigenvalue weighted by Gasteiger charge is -2.22. The van der Waals surface area contributed by atoms with Crippen LogP contribution >= 0.6 is 0 Å². The lowest BCUT2D eigenvalue weighted by Crippen LogP contribution is -2.15. The van der Waals surface area contributed by atoms with Gasteiger partial charge in [-0.25, -0.2) is 15.0 Å². The first-order valence-corrected chi connectivity index (χ1v) is 19.4. The van der Waals surface area contributed by atoms with Crippen molar-refractivity contribution in [3.8, 4) is 51.0 Å². The number of para-hydroxylation sites is 3. The van der Waals surface area contributed by atoms with Gasteiger partial charge >= 0.3 is 0 Å². The van der Waals surface area contributed by atoms with Crippen molar-refractivity contribution >= 4 is 54.5 Å². The Morgan fingerprint density at radius 3 is 2.02 bits per heavy atom. The van der Waals surface area contributed by atoms with Gasteiger partial charge in [0.05, 0.1) is 16.6 Å². The van der Waals surface area contributed by atoms with Crippen LogP contribution in [-0.2, 0) is 5.41 Å². The number of furan rings is 1. The van der Waals surface area contributed by atoms with Gasteiger partial charge in [0.1, 0.15) is 11.2 Å². The van der Waals surface area contributed by atoms with Crippen molar-refractivity contribution in [2.75, 3.05) is 0 Å². The van der Waals surface area contributed by atoms with Crippen LogP contribution in [0.3, 0.4) is 0 Å². The van der Waals surface area contributed by atoms with E-state index in [9.17, 15) is 0 Å². The normalized spacial score (nSPS) is 13.2. The van der Waals surface area contributed by atoms with Gasteiger partial charge in [-0.2, -0.15) is 0 Å². The lowest BCUT2D eigenvalue weighted by atomic mass is 9.82. The van der Waals surface area contributed by atoms with Gasteiger partial charge in [-0.1, -0.05) is 141 Å². The van der Waals surface area contributed by atoms with Crippen LogP contribution in [0.2, 0.25) is 0 Å². The monoisotopic (exact) mass is 730 g/mol. The summed E-state index contributed by atoms with van der Waals surface area (Å²) in [5, 5.41) is 7.13. The second-order valence-electron chi connectivity index (χ2n) is 15.6. The Kier molecular flexibility index (Phi) is 6.62. The molecule has 1 aliphatic carbocycles. The third-order valence-electron chi connectivity index (χ3n) is 12.0. The van der Waals surface area contributed by atoms with Crippen molar-refractivity contribution in [2.45, 2.75) is 19.3 Å². The molecule has 12 rings (SSSR count). The molecule has 3 aromatic heterocycles. The molecule has 57 heavy (non-hydrogen) atoms. The van der Waals surface area contributed by atoms with Gasteiger partial charge < -0.3 is 8.98 Å². The molecule has 0 fully saturated rings. The fraction of sp³-hybridized carbons (Fsp3) is 0.0577. The maximum atomic E-state index is 6.46. The highest BCUT2D eigenvalue weighted by Crippen LogP contribution is 2.53. The summed E-state index contributed by atoms with van der Waals surface area (Å²) in [6, 6.07) is 60.0. The molecular weight excluding hydrogens is 697 g/mol. The van der Waals surface area contributed by atoms with Crippen LogP contribution in [0.5, 0.6) is 0 Å². The average Bonchev–Trinajstić information content (AvgIpc) is 3.88. The number of benzene rings is 8. The summed E-state index contributed by atoms with van der Waals surface area (Å²) in [7, 11) is 0. The summed E-state index contributed by atoms with van der Waals surface area (Å²) in [4.78, 5) is 15.4. The molecule has 8 aromatic carbocycles. The first kappa shape index (κ1) is 31.9. The fourth-order valence-electron chi connectivity index (χ4n) is 9.29. The van der Waals surface area contributed by atoms with Crippen molar-refractivity contribution in [1.82, 2.24) is 19.5 Å². The molecule has 11 aromatic rings. The predicted octanol–water partition coefficient (Wildman–Crippen LogP) is 13.3. The SMILES string of the molecule is CC1(C)c2cc3c(cc2-c2c1ccc1ccccc21)c1ccccc1n3-c1cccc(-c2nc(-c3ccccc3)nc(-c3cccc4c3oc3ccccc34)n2)c1. The highest BCUT2D eigenvalue weighted by molar-refractivity contribution is 6.14. The van der Waals surface area contributed by atoms with Crippen LogP contribution < -0.4 is 0 Å².